The highest BCUT2D eigenvalue weighted by Crippen LogP contribution is 2.41. The number of halogens is 1. The van der Waals surface area contributed by atoms with Crippen molar-refractivity contribution in [3.63, 3.8) is 0 Å². The van der Waals surface area contributed by atoms with Crippen molar-refractivity contribution >= 4 is 23.9 Å². The molecule has 2 rings (SSSR count). The zero-order chi connectivity index (χ0) is 18.6. The summed E-state index contributed by atoms with van der Waals surface area (Å²) < 4.78 is 19.8. The molecular formula is C17H18ClNO6. The Morgan fingerprint density at radius 1 is 0.960 bits per heavy atom. The molecular weight excluding hydrogens is 350 g/mol. The molecule has 1 aliphatic heterocycles. The summed E-state index contributed by atoms with van der Waals surface area (Å²) in [5.74, 6) is -0.304. The fraction of sp³-hybridized carbons (Fsp3) is 0.294. The summed E-state index contributed by atoms with van der Waals surface area (Å²) in [6.45, 7) is 3.45. The van der Waals surface area contributed by atoms with E-state index >= 15 is 0 Å². The molecule has 1 N–H and O–H groups in total. The molecule has 7 nitrogen and oxygen atoms in total. The van der Waals surface area contributed by atoms with E-state index in [0.29, 0.717) is 22.0 Å². The minimum atomic E-state index is -0.898. The second kappa shape index (κ2) is 7.94. The minimum Gasteiger partial charge on any atom is -0.437 e. The van der Waals surface area contributed by atoms with E-state index in [4.69, 9.17) is 21.1 Å². The van der Waals surface area contributed by atoms with Gasteiger partial charge < -0.3 is 24.3 Å². The number of carbonyl (C=O) groups is 2. The van der Waals surface area contributed by atoms with Gasteiger partial charge >= 0.3 is 12.3 Å². The van der Waals surface area contributed by atoms with Gasteiger partial charge in [0, 0.05) is 5.02 Å². The number of ether oxygens (including phenoxy) is 4. The molecule has 134 valence electrons. The monoisotopic (exact) mass is 367 g/mol. The van der Waals surface area contributed by atoms with Crippen molar-refractivity contribution in [2.24, 2.45) is 0 Å². The van der Waals surface area contributed by atoms with Crippen molar-refractivity contribution < 1.29 is 28.5 Å². The number of carbonyl (C=O) groups excluding carboxylic acids is 2. The van der Waals surface area contributed by atoms with Crippen molar-refractivity contribution in [3.05, 3.63) is 57.8 Å². The maximum atomic E-state index is 11.7. The maximum absolute atomic E-state index is 11.7. The average Bonchev–Trinajstić information content (AvgIpc) is 2.59. The quantitative estimate of drug-likeness (QED) is 0.806. The summed E-state index contributed by atoms with van der Waals surface area (Å²) in [5, 5.41) is 3.43. The van der Waals surface area contributed by atoms with E-state index < -0.39 is 18.2 Å². The van der Waals surface area contributed by atoms with Crippen molar-refractivity contribution in [1.82, 2.24) is 5.32 Å². The van der Waals surface area contributed by atoms with Crippen LogP contribution in [0.4, 0.5) is 9.59 Å². The Balaban J connectivity index is 2.58. The number of hydrogen-bond donors (Lipinski definition) is 1. The molecule has 0 spiro atoms. The minimum absolute atomic E-state index is 0.212. The Bertz CT molecular complexity index is 715. The number of allylic oxidation sites excluding steroid dienone is 2. The molecule has 1 heterocycles. The van der Waals surface area contributed by atoms with Gasteiger partial charge in [0.1, 0.15) is 17.4 Å². The maximum Gasteiger partial charge on any atom is 0.513 e. The molecule has 0 aromatic heterocycles. The molecule has 0 radical (unpaired) electrons. The summed E-state index contributed by atoms with van der Waals surface area (Å²) in [4.78, 5) is 23.3. The van der Waals surface area contributed by atoms with Gasteiger partial charge in [-0.1, -0.05) is 29.8 Å². The van der Waals surface area contributed by atoms with Gasteiger partial charge in [-0.05, 0) is 25.5 Å². The third-order valence-corrected chi connectivity index (χ3v) is 3.92. The van der Waals surface area contributed by atoms with E-state index in [2.05, 4.69) is 14.8 Å². The van der Waals surface area contributed by atoms with Crippen LogP contribution < -0.4 is 5.32 Å². The van der Waals surface area contributed by atoms with Crippen LogP contribution in [0.2, 0.25) is 5.02 Å². The van der Waals surface area contributed by atoms with Crippen LogP contribution in [-0.4, -0.2) is 26.5 Å². The van der Waals surface area contributed by atoms with E-state index in [1.807, 2.05) is 0 Å². The van der Waals surface area contributed by atoms with Gasteiger partial charge in [0.05, 0.1) is 25.6 Å². The van der Waals surface area contributed by atoms with Crippen molar-refractivity contribution in [2.75, 3.05) is 14.2 Å². The normalized spacial score (nSPS) is 14.8. The molecule has 0 atom stereocenters. The lowest BCUT2D eigenvalue weighted by molar-refractivity contribution is 0.0786. The molecule has 1 aromatic rings. The van der Waals surface area contributed by atoms with Gasteiger partial charge in [0.25, 0.3) is 0 Å². The Morgan fingerprint density at radius 3 is 1.88 bits per heavy atom. The van der Waals surface area contributed by atoms with Crippen molar-refractivity contribution in [2.45, 2.75) is 19.8 Å². The zero-order valence-corrected chi connectivity index (χ0v) is 15.0. The Labute approximate surface area is 150 Å². The molecule has 1 aromatic carbocycles. The van der Waals surface area contributed by atoms with E-state index in [9.17, 15) is 9.59 Å². The molecule has 0 fully saturated rings. The van der Waals surface area contributed by atoms with Crippen LogP contribution in [0.3, 0.4) is 0 Å². The highest BCUT2D eigenvalue weighted by atomic mass is 35.5. The van der Waals surface area contributed by atoms with Gasteiger partial charge in [-0.2, -0.15) is 0 Å². The average molecular weight is 368 g/mol. The standard InChI is InChI=1S/C17H18ClNO6/c1-9-14(24-16(20)22-3)13(11-7-5-6-8-12(11)18)15(10(2)19-9)25-17(21)23-4/h5-8,13,19H,1-4H3. The predicted molar refractivity (Wildman–Crippen MR) is 89.7 cm³/mol. The van der Waals surface area contributed by atoms with Crippen LogP contribution in [0.5, 0.6) is 0 Å². The lowest BCUT2D eigenvalue weighted by atomic mass is 9.90. The van der Waals surface area contributed by atoms with Crippen LogP contribution in [0.1, 0.15) is 25.3 Å². The highest BCUT2D eigenvalue weighted by Gasteiger charge is 2.36. The molecule has 8 heteroatoms. The topological polar surface area (TPSA) is 83.1 Å². The van der Waals surface area contributed by atoms with Crippen LogP contribution in [0.15, 0.2) is 47.2 Å². The fourth-order valence-electron chi connectivity index (χ4n) is 2.48. The molecule has 0 unspecified atom stereocenters. The number of rotatable bonds is 3. The second-order valence-corrected chi connectivity index (χ2v) is 5.58. The Hall–Kier alpha value is -2.67. The van der Waals surface area contributed by atoms with Crippen molar-refractivity contribution in [1.29, 1.82) is 0 Å². The Morgan fingerprint density at radius 2 is 1.44 bits per heavy atom. The summed E-state index contributed by atoms with van der Waals surface area (Å²) in [5.41, 5.74) is 1.72. The fourth-order valence-corrected chi connectivity index (χ4v) is 2.73. The van der Waals surface area contributed by atoms with E-state index in [0.717, 1.165) is 0 Å². The van der Waals surface area contributed by atoms with Crippen LogP contribution in [-0.2, 0) is 18.9 Å². The van der Waals surface area contributed by atoms with E-state index in [1.54, 1.807) is 38.1 Å². The molecule has 0 saturated heterocycles. The summed E-state index contributed by atoms with van der Waals surface area (Å²) >= 11 is 6.32. The SMILES string of the molecule is COC(=O)OC1=C(C)NC(C)=C(OC(=O)OC)C1c1ccccc1Cl. The predicted octanol–water partition coefficient (Wildman–Crippen LogP) is 4.06. The van der Waals surface area contributed by atoms with Crippen LogP contribution in [0, 0.1) is 0 Å². The number of hydrogen-bond acceptors (Lipinski definition) is 7. The molecule has 25 heavy (non-hydrogen) atoms. The zero-order valence-electron chi connectivity index (χ0n) is 14.2. The number of nitrogens with one attached hydrogen (secondary N) is 1. The largest absolute Gasteiger partial charge is 0.513 e. The first-order chi connectivity index (χ1) is 11.9. The molecule has 0 amide bonds. The number of dihydropyridines is 1. The lowest BCUT2D eigenvalue weighted by Crippen LogP contribution is -2.29. The third kappa shape index (κ3) is 4.06. The van der Waals surface area contributed by atoms with Crippen LogP contribution >= 0.6 is 11.6 Å². The first kappa shape index (κ1) is 18.7. The third-order valence-electron chi connectivity index (χ3n) is 3.57. The van der Waals surface area contributed by atoms with Gasteiger partial charge in [-0.25, -0.2) is 9.59 Å². The van der Waals surface area contributed by atoms with Crippen molar-refractivity contribution in [3.8, 4) is 0 Å². The lowest BCUT2D eigenvalue weighted by Gasteiger charge is -2.30. The number of methoxy groups -OCH3 is 2. The smallest absolute Gasteiger partial charge is 0.437 e. The first-order valence-corrected chi connectivity index (χ1v) is 7.71. The summed E-state index contributed by atoms with van der Waals surface area (Å²) in [6, 6.07) is 6.98. The number of benzene rings is 1. The second-order valence-electron chi connectivity index (χ2n) is 5.17. The highest BCUT2D eigenvalue weighted by molar-refractivity contribution is 6.31. The van der Waals surface area contributed by atoms with Gasteiger partial charge in [0.2, 0.25) is 0 Å². The molecule has 0 bridgehead atoms. The summed E-state index contributed by atoms with van der Waals surface area (Å²) in [7, 11) is 2.40. The van der Waals surface area contributed by atoms with Gasteiger partial charge in [-0.3, -0.25) is 0 Å². The van der Waals surface area contributed by atoms with Gasteiger partial charge in [-0.15, -0.1) is 0 Å². The first-order valence-electron chi connectivity index (χ1n) is 7.33. The van der Waals surface area contributed by atoms with E-state index in [1.165, 1.54) is 14.2 Å². The van der Waals surface area contributed by atoms with E-state index in [-0.39, 0.29) is 11.5 Å². The molecule has 1 aliphatic rings. The molecule has 0 saturated carbocycles. The Kier molecular flexibility index (Phi) is 5.93. The van der Waals surface area contributed by atoms with Crippen LogP contribution in [0.25, 0.3) is 0 Å². The van der Waals surface area contributed by atoms with Gasteiger partial charge in [0.15, 0.2) is 0 Å². The molecule has 0 aliphatic carbocycles. The summed E-state index contributed by atoms with van der Waals surface area (Å²) in [6.07, 6.45) is -1.80.